The Bertz CT molecular complexity index is 1160. The molecule has 7 heteroatoms. The molecule has 0 atom stereocenters. The largest absolute Gasteiger partial charge is 0.302 e. The second-order valence-corrected chi connectivity index (χ2v) is 8.36. The van der Waals surface area contributed by atoms with Gasteiger partial charge in [0, 0.05) is 23.2 Å². The molecule has 0 aliphatic carbocycles. The van der Waals surface area contributed by atoms with Crippen LogP contribution >= 0.6 is 23.1 Å². The number of thioether (sulfide) groups is 1. The predicted octanol–water partition coefficient (Wildman–Crippen LogP) is 5.15. The molecule has 2 aromatic carbocycles. The average Bonchev–Trinajstić information content (AvgIpc) is 3.10. The molecule has 4 rings (SSSR count). The summed E-state index contributed by atoms with van der Waals surface area (Å²) in [7, 11) is 0. The molecule has 4 aromatic rings. The second-order valence-electron chi connectivity index (χ2n) is 6.56. The van der Waals surface area contributed by atoms with E-state index in [1.807, 2.05) is 32.2 Å². The number of nitrogens with one attached hydrogen (secondary N) is 1. The lowest BCUT2D eigenvalue weighted by Gasteiger charge is -2.09. The minimum absolute atomic E-state index is 0.0453. The summed E-state index contributed by atoms with van der Waals surface area (Å²) in [6.45, 7) is 3.95. The van der Waals surface area contributed by atoms with Crippen LogP contribution in [0.5, 0.6) is 0 Å². The first-order valence-electron chi connectivity index (χ1n) is 9.01. The Labute approximate surface area is 171 Å². The molecule has 0 bridgehead atoms. The van der Waals surface area contributed by atoms with E-state index in [0.29, 0.717) is 18.0 Å². The van der Waals surface area contributed by atoms with Crippen LogP contribution in [0.4, 0.5) is 5.13 Å². The minimum atomic E-state index is -0.0453. The van der Waals surface area contributed by atoms with Gasteiger partial charge in [0.25, 0.3) is 0 Å². The summed E-state index contributed by atoms with van der Waals surface area (Å²) >= 11 is 3.03. The average molecular weight is 409 g/mol. The maximum Gasteiger partial charge on any atom is 0.226 e. The lowest BCUT2D eigenvalue weighted by atomic mass is 10.1. The SMILES string of the molecule is CSc1nc(C)c(CCC(=O)Nc2nc3c(ccc4ccccc43)s2)c(C)n1. The van der Waals surface area contributed by atoms with Crippen molar-refractivity contribution < 1.29 is 4.79 Å². The van der Waals surface area contributed by atoms with E-state index in [1.165, 1.54) is 23.1 Å². The summed E-state index contributed by atoms with van der Waals surface area (Å²) in [4.78, 5) is 26.1. The number of anilines is 1. The number of amides is 1. The molecule has 2 aromatic heterocycles. The van der Waals surface area contributed by atoms with Crippen molar-refractivity contribution in [2.45, 2.75) is 31.8 Å². The number of hydrogen-bond donors (Lipinski definition) is 1. The molecular weight excluding hydrogens is 388 g/mol. The highest BCUT2D eigenvalue weighted by Crippen LogP contribution is 2.31. The van der Waals surface area contributed by atoms with Crippen LogP contribution in [0.15, 0.2) is 41.6 Å². The van der Waals surface area contributed by atoms with E-state index in [4.69, 9.17) is 0 Å². The molecule has 28 heavy (non-hydrogen) atoms. The van der Waals surface area contributed by atoms with Crippen molar-refractivity contribution in [2.24, 2.45) is 0 Å². The Morgan fingerprint density at radius 1 is 1.07 bits per heavy atom. The van der Waals surface area contributed by atoms with Gasteiger partial charge in [-0.05, 0) is 43.5 Å². The molecule has 0 spiro atoms. The van der Waals surface area contributed by atoms with Crippen LogP contribution in [0.1, 0.15) is 23.4 Å². The van der Waals surface area contributed by atoms with Crippen molar-refractivity contribution in [1.29, 1.82) is 0 Å². The van der Waals surface area contributed by atoms with Gasteiger partial charge in [0.2, 0.25) is 5.91 Å². The van der Waals surface area contributed by atoms with Gasteiger partial charge in [-0.25, -0.2) is 15.0 Å². The topological polar surface area (TPSA) is 67.8 Å². The van der Waals surface area contributed by atoms with Crippen LogP contribution in [0.2, 0.25) is 0 Å². The smallest absolute Gasteiger partial charge is 0.226 e. The summed E-state index contributed by atoms with van der Waals surface area (Å²) < 4.78 is 1.07. The molecule has 0 aliphatic heterocycles. The van der Waals surface area contributed by atoms with Crippen molar-refractivity contribution in [3.8, 4) is 0 Å². The molecule has 142 valence electrons. The number of aryl methyl sites for hydroxylation is 2. The number of nitrogens with zero attached hydrogens (tertiary/aromatic N) is 3. The molecule has 5 nitrogen and oxygen atoms in total. The molecular formula is C21H20N4OS2. The Balaban J connectivity index is 1.49. The van der Waals surface area contributed by atoms with Crippen molar-refractivity contribution in [1.82, 2.24) is 15.0 Å². The van der Waals surface area contributed by atoms with Gasteiger partial charge < -0.3 is 5.32 Å². The number of carbonyl (C=O) groups is 1. The molecule has 0 saturated heterocycles. The van der Waals surface area contributed by atoms with Crippen molar-refractivity contribution in [2.75, 3.05) is 11.6 Å². The fraction of sp³-hybridized carbons (Fsp3) is 0.238. The zero-order valence-corrected chi connectivity index (χ0v) is 17.6. The molecule has 0 radical (unpaired) electrons. The quantitative estimate of drug-likeness (QED) is 0.365. The highest BCUT2D eigenvalue weighted by Gasteiger charge is 2.13. The van der Waals surface area contributed by atoms with Gasteiger partial charge in [0.05, 0.1) is 10.2 Å². The monoisotopic (exact) mass is 408 g/mol. The summed E-state index contributed by atoms with van der Waals surface area (Å²) in [5, 5.41) is 6.61. The van der Waals surface area contributed by atoms with Crippen LogP contribution < -0.4 is 5.32 Å². The fourth-order valence-electron chi connectivity index (χ4n) is 3.30. The van der Waals surface area contributed by atoms with Gasteiger partial charge in [-0.3, -0.25) is 4.79 Å². The number of hydrogen-bond acceptors (Lipinski definition) is 6. The van der Waals surface area contributed by atoms with E-state index in [2.05, 4.69) is 44.5 Å². The number of benzene rings is 2. The fourth-order valence-corrected chi connectivity index (χ4v) is 4.65. The predicted molar refractivity (Wildman–Crippen MR) is 117 cm³/mol. The Kier molecular flexibility index (Phi) is 5.28. The summed E-state index contributed by atoms with van der Waals surface area (Å²) in [5.41, 5.74) is 3.86. The van der Waals surface area contributed by atoms with E-state index in [-0.39, 0.29) is 5.91 Å². The first-order valence-corrected chi connectivity index (χ1v) is 11.1. The molecule has 2 heterocycles. The zero-order chi connectivity index (χ0) is 19.7. The highest BCUT2D eigenvalue weighted by molar-refractivity contribution is 7.98. The lowest BCUT2D eigenvalue weighted by molar-refractivity contribution is -0.116. The Morgan fingerprint density at radius 2 is 1.82 bits per heavy atom. The van der Waals surface area contributed by atoms with E-state index in [0.717, 1.165) is 43.1 Å². The zero-order valence-electron chi connectivity index (χ0n) is 15.9. The number of rotatable bonds is 5. The summed E-state index contributed by atoms with van der Waals surface area (Å²) in [6, 6.07) is 12.3. The third kappa shape index (κ3) is 3.72. The maximum atomic E-state index is 12.5. The first kappa shape index (κ1) is 18.8. The highest BCUT2D eigenvalue weighted by atomic mass is 32.2. The number of fused-ring (bicyclic) bond motifs is 3. The van der Waals surface area contributed by atoms with Crippen molar-refractivity contribution in [3.05, 3.63) is 53.3 Å². The van der Waals surface area contributed by atoms with E-state index < -0.39 is 0 Å². The second kappa shape index (κ2) is 7.85. The Morgan fingerprint density at radius 3 is 2.57 bits per heavy atom. The van der Waals surface area contributed by atoms with Crippen molar-refractivity contribution >= 4 is 55.1 Å². The molecule has 1 N–H and O–H groups in total. The third-order valence-corrected chi connectivity index (χ3v) is 6.20. The number of thiazole rings is 1. The summed E-state index contributed by atoms with van der Waals surface area (Å²) in [5.74, 6) is -0.0453. The van der Waals surface area contributed by atoms with Crippen LogP contribution in [-0.2, 0) is 11.2 Å². The van der Waals surface area contributed by atoms with E-state index >= 15 is 0 Å². The van der Waals surface area contributed by atoms with Crippen LogP contribution in [0.25, 0.3) is 21.0 Å². The van der Waals surface area contributed by atoms with Crippen LogP contribution in [0, 0.1) is 13.8 Å². The molecule has 1 amide bonds. The first-order chi connectivity index (χ1) is 13.5. The van der Waals surface area contributed by atoms with Gasteiger partial charge in [0.1, 0.15) is 0 Å². The van der Waals surface area contributed by atoms with Gasteiger partial charge >= 0.3 is 0 Å². The molecule has 0 unspecified atom stereocenters. The van der Waals surface area contributed by atoms with Gasteiger partial charge in [-0.15, -0.1) is 0 Å². The maximum absolute atomic E-state index is 12.5. The third-order valence-electron chi connectivity index (χ3n) is 4.71. The lowest BCUT2D eigenvalue weighted by Crippen LogP contribution is -2.13. The standard InChI is InChI=1S/C21H20N4OS2/c1-12-15(13(2)23-20(22-12)27-3)9-11-18(26)24-21-25-19-16-7-5-4-6-14(16)8-10-17(19)28-21/h4-8,10H,9,11H2,1-3H3,(H,24,25,26). The van der Waals surface area contributed by atoms with Gasteiger partial charge in [-0.2, -0.15) is 0 Å². The molecule has 0 fully saturated rings. The number of aromatic nitrogens is 3. The van der Waals surface area contributed by atoms with Gasteiger partial charge in [0.15, 0.2) is 10.3 Å². The summed E-state index contributed by atoms with van der Waals surface area (Å²) in [6.07, 6.45) is 2.95. The van der Waals surface area contributed by atoms with E-state index in [1.54, 1.807) is 0 Å². The molecule has 0 saturated carbocycles. The normalized spacial score (nSPS) is 11.2. The number of carbonyl (C=O) groups excluding carboxylic acids is 1. The minimum Gasteiger partial charge on any atom is -0.302 e. The Hall–Kier alpha value is -2.51. The van der Waals surface area contributed by atoms with Crippen molar-refractivity contribution in [3.63, 3.8) is 0 Å². The molecule has 0 aliphatic rings. The van der Waals surface area contributed by atoms with E-state index in [9.17, 15) is 4.79 Å². The van der Waals surface area contributed by atoms with Crippen LogP contribution in [0.3, 0.4) is 0 Å². The van der Waals surface area contributed by atoms with Crippen LogP contribution in [-0.4, -0.2) is 27.1 Å². The van der Waals surface area contributed by atoms with Gasteiger partial charge in [-0.1, -0.05) is 53.4 Å².